The Morgan fingerprint density at radius 2 is 2.29 bits per heavy atom. The molecule has 0 aliphatic carbocycles. The molecule has 0 aromatic carbocycles. The number of methoxy groups -OCH3 is 1. The smallest absolute Gasteiger partial charge is 0.254 e. The molecule has 0 radical (unpaired) electrons. The molecule has 1 N–H and O–H groups in total. The van der Waals surface area contributed by atoms with Crippen LogP contribution in [0, 0.1) is 0 Å². The van der Waals surface area contributed by atoms with E-state index in [4.69, 9.17) is 9.26 Å². The molecular formula is C16H22N4O4. The first-order valence-corrected chi connectivity index (χ1v) is 8.10. The van der Waals surface area contributed by atoms with Gasteiger partial charge in [-0.3, -0.25) is 4.79 Å². The fourth-order valence-corrected chi connectivity index (χ4v) is 3.03. The van der Waals surface area contributed by atoms with Gasteiger partial charge in [-0.15, -0.1) is 0 Å². The highest BCUT2D eigenvalue weighted by Crippen LogP contribution is 2.23. The molecule has 0 saturated carbocycles. The summed E-state index contributed by atoms with van der Waals surface area (Å²) in [7, 11) is 1.52. The van der Waals surface area contributed by atoms with Gasteiger partial charge in [-0.25, -0.2) is 4.98 Å². The lowest BCUT2D eigenvalue weighted by Gasteiger charge is -2.21. The molecule has 0 spiro atoms. The molecule has 8 heteroatoms. The second-order valence-corrected chi connectivity index (χ2v) is 5.94. The molecule has 2 aromatic heterocycles. The van der Waals surface area contributed by atoms with E-state index in [-0.39, 0.29) is 11.9 Å². The summed E-state index contributed by atoms with van der Waals surface area (Å²) in [6.45, 7) is 1.18. The second-order valence-electron chi connectivity index (χ2n) is 5.94. The molecule has 24 heavy (non-hydrogen) atoms. The van der Waals surface area contributed by atoms with Crippen molar-refractivity contribution in [3.63, 3.8) is 0 Å². The van der Waals surface area contributed by atoms with Gasteiger partial charge in [0.1, 0.15) is 5.76 Å². The van der Waals surface area contributed by atoms with Crippen molar-refractivity contribution in [3.8, 4) is 5.88 Å². The molecular weight excluding hydrogens is 312 g/mol. The molecule has 130 valence electrons. The number of hydrogen-bond donors (Lipinski definition) is 1. The fraction of sp³-hybridized carbons (Fsp3) is 0.562. The number of aryl methyl sites for hydroxylation is 1. The van der Waals surface area contributed by atoms with E-state index in [0.717, 1.165) is 0 Å². The minimum atomic E-state index is -0.476. The maximum Gasteiger partial charge on any atom is 0.254 e. The SMILES string of the molecule is COc1cc(CCC(=O)N2CC[C@H](O)[C@@H](n3ccnc3)CC2)on1. The van der Waals surface area contributed by atoms with E-state index >= 15 is 0 Å². The highest BCUT2D eigenvalue weighted by molar-refractivity contribution is 5.76. The Balaban J connectivity index is 1.54. The van der Waals surface area contributed by atoms with Crippen LogP contribution in [0.25, 0.3) is 0 Å². The summed E-state index contributed by atoms with van der Waals surface area (Å²) in [4.78, 5) is 18.3. The average molecular weight is 334 g/mol. The van der Waals surface area contributed by atoms with Crippen LogP contribution in [-0.2, 0) is 11.2 Å². The zero-order valence-electron chi connectivity index (χ0n) is 13.7. The van der Waals surface area contributed by atoms with Gasteiger partial charge in [-0.05, 0) is 18.0 Å². The van der Waals surface area contributed by atoms with Gasteiger partial charge in [-0.2, -0.15) is 0 Å². The Hall–Kier alpha value is -2.35. The van der Waals surface area contributed by atoms with E-state index in [1.807, 2.05) is 15.7 Å². The second kappa shape index (κ2) is 7.48. The number of carbonyl (C=O) groups is 1. The van der Waals surface area contributed by atoms with Crippen molar-refractivity contribution in [2.24, 2.45) is 0 Å². The van der Waals surface area contributed by atoms with Gasteiger partial charge in [0.2, 0.25) is 5.91 Å². The van der Waals surface area contributed by atoms with Crippen molar-refractivity contribution in [2.45, 2.75) is 37.8 Å². The van der Waals surface area contributed by atoms with Crippen molar-refractivity contribution in [1.29, 1.82) is 0 Å². The maximum atomic E-state index is 12.4. The van der Waals surface area contributed by atoms with Crippen LogP contribution >= 0.6 is 0 Å². The first-order chi connectivity index (χ1) is 11.7. The molecule has 0 bridgehead atoms. The predicted molar refractivity (Wildman–Crippen MR) is 84.5 cm³/mol. The van der Waals surface area contributed by atoms with Crippen LogP contribution in [0.2, 0.25) is 0 Å². The van der Waals surface area contributed by atoms with Crippen LogP contribution in [-0.4, -0.2) is 56.9 Å². The average Bonchev–Trinajstić information content (AvgIpc) is 3.23. The summed E-state index contributed by atoms with van der Waals surface area (Å²) in [5, 5.41) is 14.1. The third-order valence-electron chi connectivity index (χ3n) is 4.43. The van der Waals surface area contributed by atoms with Crippen LogP contribution in [0.15, 0.2) is 29.3 Å². The largest absolute Gasteiger partial charge is 0.479 e. The normalized spacial score (nSPS) is 21.5. The number of likely N-dealkylation sites (tertiary alicyclic amines) is 1. The van der Waals surface area contributed by atoms with Gasteiger partial charge in [0.05, 0.1) is 25.6 Å². The first-order valence-electron chi connectivity index (χ1n) is 8.10. The van der Waals surface area contributed by atoms with Crippen molar-refractivity contribution in [3.05, 3.63) is 30.5 Å². The number of amides is 1. The fourth-order valence-electron chi connectivity index (χ4n) is 3.03. The Kier molecular flexibility index (Phi) is 5.14. The summed E-state index contributed by atoms with van der Waals surface area (Å²) in [5.41, 5.74) is 0. The summed E-state index contributed by atoms with van der Waals surface area (Å²) < 4.78 is 12.0. The van der Waals surface area contributed by atoms with Crippen LogP contribution in [0.1, 0.15) is 31.1 Å². The van der Waals surface area contributed by atoms with Gasteiger partial charge >= 0.3 is 0 Å². The monoisotopic (exact) mass is 334 g/mol. The van der Waals surface area contributed by atoms with Crippen LogP contribution in [0.3, 0.4) is 0 Å². The van der Waals surface area contributed by atoms with Gasteiger partial charge < -0.3 is 23.8 Å². The number of nitrogens with zero attached hydrogens (tertiary/aromatic N) is 4. The first kappa shape index (κ1) is 16.5. The molecule has 1 fully saturated rings. The van der Waals surface area contributed by atoms with Gasteiger partial charge in [0.25, 0.3) is 5.88 Å². The quantitative estimate of drug-likeness (QED) is 0.878. The van der Waals surface area contributed by atoms with Gasteiger partial charge in [0, 0.05) is 44.4 Å². The van der Waals surface area contributed by atoms with Crippen molar-refractivity contribution in [1.82, 2.24) is 19.6 Å². The molecule has 2 aromatic rings. The summed E-state index contributed by atoms with van der Waals surface area (Å²) in [6.07, 6.45) is 6.89. The topological polar surface area (TPSA) is 93.6 Å². The number of imidazole rings is 1. The van der Waals surface area contributed by atoms with E-state index in [2.05, 4.69) is 10.1 Å². The van der Waals surface area contributed by atoms with Crippen LogP contribution in [0.4, 0.5) is 0 Å². The molecule has 1 amide bonds. The van der Waals surface area contributed by atoms with Gasteiger partial charge in [0.15, 0.2) is 0 Å². The number of ether oxygens (including phenoxy) is 1. The summed E-state index contributed by atoms with van der Waals surface area (Å²) in [6, 6.07) is 1.65. The zero-order chi connectivity index (χ0) is 16.9. The number of rotatable bonds is 5. The van der Waals surface area contributed by atoms with Crippen molar-refractivity contribution < 1.29 is 19.2 Å². The Morgan fingerprint density at radius 3 is 3.00 bits per heavy atom. The lowest BCUT2D eigenvalue weighted by Crippen LogP contribution is -2.32. The van der Waals surface area contributed by atoms with Crippen molar-refractivity contribution in [2.75, 3.05) is 20.2 Å². The Morgan fingerprint density at radius 1 is 1.46 bits per heavy atom. The minimum absolute atomic E-state index is 0.0381. The maximum absolute atomic E-state index is 12.4. The number of aliphatic hydroxyl groups excluding tert-OH is 1. The summed E-state index contributed by atoms with van der Waals surface area (Å²) >= 11 is 0. The highest BCUT2D eigenvalue weighted by atomic mass is 16.5. The van der Waals surface area contributed by atoms with Gasteiger partial charge in [-0.1, -0.05) is 0 Å². The van der Waals surface area contributed by atoms with E-state index < -0.39 is 6.10 Å². The van der Waals surface area contributed by atoms with Crippen LogP contribution < -0.4 is 4.74 Å². The lowest BCUT2D eigenvalue weighted by molar-refractivity contribution is -0.131. The Bertz CT molecular complexity index is 655. The summed E-state index contributed by atoms with van der Waals surface area (Å²) in [5.74, 6) is 1.11. The molecule has 1 saturated heterocycles. The number of carbonyl (C=O) groups excluding carboxylic acids is 1. The molecule has 0 unspecified atom stereocenters. The lowest BCUT2D eigenvalue weighted by atomic mass is 10.1. The minimum Gasteiger partial charge on any atom is -0.479 e. The highest BCUT2D eigenvalue weighted by Gasteiger charge is 2.27. The standard InChI is InChI=1S/C16H22N4O4/c1-23-15-10-12(24-18-15)2-3-16(22)19-7-4-13(14(21)5-8-19)20-9-6-17-11-20/h6,9-11,13-14,21H,2-5,7-8H2,1H3/t13-,14-/m0/s1. The van der Waals surface area contributed by atoms with Crippen molar-refractivity contribution >= 4 is 5.91 Å². The molecule has 3 rings (SSSR count). The zero-order valence-corrected chi connectivity index (χ0v) is 13.7. The van der Waals surface area contributed by atoms with E-state index in [1.54, 1.807) is 18.6 Å². The predicted octanol–water partition coefficient (Wildman–Crippen LogP) is 1.04. The molecule has 3 heterocycles. The third kappa shape index (κ3) is 3.76. The molecule has 2 atom stereocenters. The number of aromatic nitrogens is 3. The molecule has 1 aliphatic heterocycles. The molecule has 1 aliphatic rings. The van der Waals surface area contributed by atoms with E-state index in [1.165, 1.54) is 7.11 Å². The third-order valence-corrected chi connectivity index (χ3v) is 4.43. The van der Waals surface area contributed by atoms with E-state index in [9.17, 15) is 9.90 Å². The Labute approximate surface area is 140 Å². The molecule has 8 nitrogen and oxygen atoms in total. The van der Waals surface area contributed by atoms with Crippen LogP contribution in [0.5, 0.6) is 5.88 Å². The number of hydrogen-bond acceptors (Lipinski definition) is 6. The number of aliphatic hydroxyl groups is 1. The van der Waals surface area contributed by atoms with E-state index in [0.29, 0.717) is 50.4 Å².